The molecule has 1 aromatic carbocycles. The number of hydrogen-bond donors (Lipinski definition) is 1. The van der Waals surface area contributed by atoms with E-state index in [9.17, 15) is 4.79 Å². The Bertz CT molecular complexity index is 1250. The third-order valence-electron chi connectivity index (χ3n) is 5.29. The van der Waals surface area contributed by atoms with Crippen molar-refractivity contribution in [2.45, 2.75) is 25.3 Å². The molecule has 0 aliphatic rings. The Morgan fingerprint density at radius 2 is 2.15 bits per heavy atom. The number of ether oxygens (including phenoxy) is 1. The summed E-state index contributed by atoms with van der Waals surface area (Å²) in [6, 6.07) is 7.76. The SMILES string of the molecule is CCN(C)C(=O)CSc1cncc(Cl)c1COc1cccc2c(C(/C=C\N)=NC)cc(C)nc12. The number of aromatic nitrogens is 2. The standard InChI is InChI=1S/C25H28ClN5O2S/c1-5-31(4)24(32)15-34-23-13-29-12-20(26)19(23)14-33-22-8-6-7-17-18(21(28-3)9-10-27)11-16(2)30-25(17)22/h6-13H,5,14-15,27H2,1-4H3/b10-9-,28-21?. The smallest absolute Gasteiger partial charge is 0.232 e. The van der Waals surface area contributed by atoms with Gasteiger partial charge in [-0.25, -0.2) is 4.98 Å². The molecule has 2 aromatic heterocycles. The molecule has 0 bridgehead atoms. The van der Waals surface area contributed by atoms with Gasteiger partial charge < -0.3 is 15.4 Å². The van der Waals surface area contributed by atoms with E-state index < -0.39 is 0 Å². The number of benzene rings is 1. The maximum absolute atomic E-state index is 12.2. The van der Waals surface area contributed by atoms with Crippen LogP contribution in [0, 0.1) is 6.92 Å². The fraction of sp³-hybridized carbons (Fsp3) is 0.280. The van der Waals surface area contributed by atoms with Gasteiger partial charge in [-0.3, -0.25) is 14.8 Å². The number of nitrogens with zero attached hydrogens (tertiary/aromatic N) is 4. The number of rotatable bonds is 9. The van der Waals surface area contributed by atoms with Gasteiger partial charge >= 0.3 is 0 Å². The van der Waals surface area contributed by atoms with Crippen LogP contribution in [0.25, 0.3) is 10.9 Å². The van der Waals surface area contributed by atoms with Crippen LogP contribution in [0.15, 0.2) is 58.8 Å². The second kappa shape index (κ2) is 11.9. The van der Waals surface area contributed by atoms with Gasteiger partial charge in [0.05, 0.1) is 16.5 Å². The Labute approximate surface area is 209 Å². The Balaban J connectivity index is 1.92. The number of allylic oxidation sites excluding steroid dienone is 1. The van der Waals surface area contributed by atoms with Crippen molar-refractivity contribution in [1.82, 2.24) is 14.9 Å². The first-order chi connectivity index (χ1) is 16.4. The van der Waals surface area contributed by atoms with Crippen molar-refractivity contribution in [2.75, 3.05) is 26.4 Å². The van der Waals surface area contributed by atoms with E-state index in [1.54, 1.807) is 37.5 Å². The number of fused-ring (bicyclic) bond motifs is 1. The number of hydrogen-bond acceptors (Lipinski definition) is 7. The van der Waals surface area contributed by atoms with Crippen molar-refractivity contribution in [1.29, 1.82) is 0 Å². The average Bonchev–Trinajstić information content (AvgIpc) is 2.84. The van der Waals surface area contributed by atoms with Gasteiger partial charge in [-0.15, -0.1) is 11.8 Å². The van der Waals surface area contributed by atoms with Crippen molar-refractivity contribution in [3.8, 4) is 5.75 Å². The number of amides is 1. The largest absolute Gasteiger partial charge is 0.487 e. The Morgan fingerprint density at radius 3 is 2.85 bits per heavy atom. The van der Waals surface area contributed by atoms with Gasteiger partial charge in [0.2, 0.25) is 5.91 Å². The summed E-state index contributed by atoms with van der Waals surface area (Å²) in [4.78, 5) is 28.0. The highest BCUT2D eigenvalue weighted by molar-refractivity contribution is 8.00. The first-order valence-corrected chi connectivity index (χ1v) is 12.1. The molecule has 3 aromatic rings. The molecular formula is C25H28ClN5O2S. The molecule has 0 radical (unpaired) electrons. The lowest BCUT2D eigenvalue weighted by Gasteiger charge is -2.16. The zero-order valence-corrected chi connectivity index (χ0v) is 21.3. The minimum atomic E-state index is 0.0422. The molecule has 0 saturated carbocycles. The van der Waals surface area contributed by atoms with E-state index in [0.717, 1.165) is 38.3 Å². The lowest BCUT2D eigenvalue weighted by Crippen LogP contribution is -2.27. The fourth-order valence-corrected chi connectivity index (χ4v) is 4.59. The van der Waals surface area contributed by atoms with Crippen LogP contribution in [-0.2, 0) is 11.4 Å². The lowest BCUT2D eigenvalue weighted by atomic mass is 10.0. The molecule has 0 spiro atoms. The van der Waals surface area contributed by atoms with E-state index in [4.69, 9.17) is 27.1 Å². The molecule has 3 rings (SSSR count). The number of pyridine rings is 2. The molecule has 2 N–H and O–H groups in total. The van der Waals surface area contributed by atoms with Crippen molar-refractivity contribution in [3.63, 3.8) is 0 Å². The molecule has 0 saturated heterocycles. The Kier molecular flexibility index (Phi) is 8.90. The number of halogens is 1. The number of para-hydroxylation sites is 1. The van der Waals surface area contributed by atoms with Crippen LogP contribution in [0.4, 0.5) is 0 Å². The van der Waals surface area contributed by atoms with Crippen molar-refractivity contribution in [2.24, 2.45) is 10.7 Å². The normalized spacial score (nSPS) is 11.9. The quantitative estimate of drug-likeness (QED) is 0.342. The summed E-state index contributed by atoms with van der Waals surface area (Å²) in [6.45, 7) is 4.74. The van der Waals surface area contributed by atoms with Crippen LogP contribution in [0.3, 0.4) is 0 Å². The Hall–Kier alpha value is -3.10. The van der Waals surface area contributed by atoms with Crippen LogP contribution in [0.1, 0.15) is 23.7 Å². The van der Waals surface area contributed by atoms with Crippen molar-refractivity contribution in [3.05, 3.63) is 70.8 Å². The van der Waals surface area contributed by atoms with Crippen LogP contribution < -0.4 is 10.5 Å². The van der Waals surface area contributed by atoms with E-state index in [2.05, 4.69) is 9.98 Å². The second-order valence-corrected chi connectivity index (χ2v) is 8.94. The van der Waals surface area contributed by atoms with E-state index in [1.807, 2.05) is 38.1 Å². The van der Waals surface area contributed by atoms with Gasteiger partial charge in [0.15, 0.2) is 0 Å². The average molecular weight is 498 g/mol. The maximum Gasteiger partial charge on any atom is 0.232 e. The van der Waals surface area contributed by atoms with Crippen molar-refractivity contribution >= 4 is 45.9 Å². The summed E-state index contributed by atoms with van der Waals surface area (Å²) in [5, 5.41) is 1.39. The third-order valence-corrected chi connectivity index (χ3v) is 6.67. The minimum Gasteiger partial charge on any atom is -0.487 e. The molecule has 0 aliphatic carbocycles. The maximum atomic E-state index is 12.2. The number of aliphatic imine (C=N–C) groups is 1. The van der Waals surface area contributed by atoms with Crippen molar-refractivity contribution < 1.29 is 9.53 Å². The van der Waals surface area contributed by atoms with Gasteiger partial charge in [0.25, 0.3) is 0 Å². The number of thioether (sulfide) groups is 1. The fourth-order valence-electron chi connectivity index (χ4n) is 3.34. The highest BCUT2D eigenvalue weighted by Gasteiger charge is 2.16. The molecule has 0 aliphatic heterocycles. The van der Waals surface area contributed by atoms with Gasteiger partial charge in [-0.2, -0.15) is 0 Å². The predicted octanol–water partition coefficient (Wildman–Crippen LogP) is 4.63. The molecule has 2 heterocycles. The first-order valence-electron chi connectivity index (χ1n) is 10.8. The Morgan fingerprint density at radius 1 is 1.35 bits per heavy atom. The first kappa shape index (κ1) is 25.5. The summed E-state index contributed by atoms with van der Waals surface area (Å²) in [5.41, 5.74) is 9.64. The molecule has 0 fully saturated rings. The van der Waals surface area contributed by atoms with Gasteiger partial charge in [0.1, 0.15) is 17.9 Å². The monoisotopic (exact) mass is 497 g/mol. The van der Waals surface area contributed by atoms with E-state index in [-0.39, 0.29) is 12.5 Å². The van der Waals surface area contributed by atoms with E-state index >= 15 is 0 Å². The summed E-state index contributed by atoms with van der Waals surface area (Å²) in [6.07, 6.45) is 6.52. The molecule has 178 valence electrons. The molecule has 0 unspecified atom stereocenters. The number of carbonyl (C=O) groups is 1. The van der Waals surface area contributed by atoms with Crippen LogP contribution in [0.5, 0.6) is 5.75 Å². The summed E-state index contributed by atoms with van der Waals surface area (Å²) in [5.74, 6) is 0.965. The predicted molar refractivity (Wildman–Crippen MR) is 140 cm³/mol. The highest BCUT2D eigenvalue weighted by atomic mass is 35.5. The molecule has 1 amide bonds. The number of aryl methyl sites for hydroxylation is 1. The van der Waals surface area contributed by atoms with E-state index in [0.29, 0.717) is 23.1 Å². The molecule has 34 heavy (non-hydrogen) atoms. The zero-order valence-electron chi connectivity index (χ0n) is 19.7. The minimum absolute atomic E-state index is 0.0422. The van der Waals surface area contributed by atoms with Gasteiger partial charge in [-0.1, -0.05) is 23.7 Å². The summed E-state index contributed by atoms with van der Waals surface area (Å²) in [7, 11) is 3.51. The number of carbonyl (C=O) groups excluding carboxylic acids is 1. The highest BCUT2D eigenvalue weighted by Crippen LogP contribution is 2.32. The van der Waals surface area contributed by atoms with Crippen LogP contribution >= 0.6 is 23.4 Å². The van der Waals surface area contributed by atoms with Gasteiger partial charge in [0, 0.05) is 60.1 Å². The summed E-state index contributed by atoms with van der Waals surface area (Å²) >= 11 is 7.86. The molecule has 7 nitrogen and oxygen atoms in total. The van der Waals surface area contributed by atoms with Gasteiger partial charge in [-0.05, 0) is 38.3 Å². The molecule has 0 atom stereocenters. The van der Waals surface area contributed by atoms with E-state index in [1.165, 1.54) is 18.0 Å². The third kappa shape index (κ3) is 5.87. The lowest BCUT2D eigenvalue weighted by molar-refractivity contribution is -0.126. The van der Waals surface area contributed by atoms with Crippen LogP contribution in [0.2, 0.25) is 5.02 Å². The summed E-state index contributed by atoms with van der Waals surface area (Å²) < 4.78 is 6.22. The zero-order chi connectivity index (χ0) is 24.7. The topological polar surface area (TPSA) is 93.7 Å². The van der Waals surface area contributed by atoms with Crippen LogP contribution in [-0.4, -0.2) is 52.9 Å². The molecular weight excluding hydrogens is 470 g/mol. The number of nitrogens with two attached hydrogens (primary N) is 1. The second-order valence-electron chi connectivity index (χ2n) is 7.51. The molecule has 9 heteroatoms.